The number of imidazole rings is 1. The maximum atomic E-state index is 12.2. The fourth-order valence-electron chi connectivity index (χ4n) is 2.92. The lowest BCUT2D eigenvalue weighted by atomic mass is 9.98. The second kappa shape index (κ2) is 8.22. The van der Waals surface area contributed by atoms with Gasteiger partial charge in [0.05, 0.1) is 6.54 Å². The summed E-state index contributed by atoms with van der Waals surface area (Å²) >= 11 is 0. The molecule has 1 saturated heterocycles. The van der Waals surface area contributed by atoms with Crippen molar-refractivity contribution in [3.63, 3.8) is 0 Å². The van der Waals surface area contributed by atoms with Crippen LogP contribution in [0.4, 0.5) is 8.78 Å². The number of hydrogen-bond donors (Lipinski definition) is 1. The maximum Gasteiger partial charge on any atom is 0.315 e. The molecule has 1 amide bonds. The van der Waals surface area contributed by atoms with Gasteiger partial charge in [-0.1, -0.05) is 6.92 Å². The van der Waals surface area contributed by atoms with Crippen molar-refractivity contribution < 1.29 is 13.6 Å². The number of aromatic nitrogens is 2. The van der Waals surface area contributed by atoms with E-state index >= 15 is 0 Å². The number of rotatable bonds is 7. The fourth-order valence-corrected chi connectivity index (χ4v) is 2.92. The van der Waals surface area contributed by atoms with E-state index in [1.807, 2.05) is 12.4 Å². The second-order valence-corrected chi connectivity index (χ2v) is 5.83. The van der Waals surface area contributed by atoms with Gasteiger partial charge in [0.2, 0.25) is 0 Å². The van der Waals surface area contributed by atoms with E-state index < -0.39 is 12.3 Å². The lowest BCUT2D eigenvalue weighted by Gasteiger charge is -2.32. The lowest BCUT2D eigenvalue weighted by molar-refractivity contribution is -0.132. The van der Waals surface area contributed by atoms with E-state index in [-0.39, 0.29) is 5.92 Å². The average Bonchev–Trinajstić information content (AvgIpc) is 2.92. The van der Waals surface area contributed by atoms with E-state index in [0.29, 0.717) is 6.54 Å². The Labute approximate surface area is 129 Å². The Balaban J connectivity index is 1.82. The molecule has 7 heteroatoms. The van der Waals surface area contributed by atoms with Crippen molar-refractivity contribution in [1.29, 1.82) is 0 Å². The monoisotopic (exact) mass is 314 g/mol. The maximum absolute atomic E-state index is 12.2. The normalized spacial score (nSPS) is 19.5. The van der Waals surface area contributed by atoms with Crippen LogP contribution < -0.4 is 5.32 Å². The zero-order chi connectivity index (χ0) is 15.9. The summed E-state index contributed by atoms with van der Waals surface area (Å²) in [6, 6.07) is 0. The van der Waals surface area contributed by atoms with Crippen LogP contribution in [0.25, 0.3) is 0 Å². The second-order valence-electron chi connectivity index (χ2n) is 5.83. The fraction of sp³-hybridized carbons (Fsp3) is 0.733. The van der Waals surface area contributed by atoms with Crippen molar-refractivity contribution in [2.75, 3.05) is 19.6 Å². The highest BCUT2D eigenvalue weighted by Crippen LogP contribution is 2.18. The molecule has 1 N–H and O–H groups in total. The van der Waals surface area contributed by atoms with Gasteiger partial charge in [-0.3, -0.25) is 9.69 Å². The van der Waals surface area contributed by atoms with E-state index in [2.05, 4.69) is 26.7 Å². The third kappa shape index (κ3) is 4.76. The summed E-state index contributed by atoms with van der Waals surface area (Å²) in [4.78, 5) is 17.6. The molecule has 1 aromatic heterocycles. The Kier molecular flexibility index (Phi) is 6.30. The van der Waals surface area contributed by atoms with E-state index in [1.54, 1.807) is 0 Å². The number of aryl methyl sites for hydroxylation is 1. The number of alkyl halides is 2. The molecule has 22 heavy (non-hydrogen) atoms. The van der Waals surface area contributed by atoms with Crippen LogP contribution in [0.3, 0.4) is 0 Å². The zero-order valence-corrected chi connectivity index (χ0v) is 13.0. The molecule has 1 fully saturated rings. The molecule has 0 spiro atoms. The SMILES string of the molecule is CCCn1ccnc1CN1CCCC(CNC(=O)C(F)F)C1. The number of piperidine rings is 1. The molecule has 0 radical (unpaired) electrons. The van der Waals surface area contributed by atoms with Gasteiger partial charge in [-0.2, -0.15) is 8.78 Å². The predicted octanol–water partition coefficient (Wildman–Crippen LogP) is 1.89. The van der Waals surface area contributed by atoms with Gasteiger partial charge < -0.3 is 9.88 Å². The van der Waals surface area contributed by atoms with Crippen molar-refractivity contribution in [3.8, 4) is 0 Å². The first-order valence-corrected chi connectivity index (χ1v) is 7.88. The molecule has 0 aliphatic carbocycles. The van der Waals surface area contributed by atoms with Gasteiger partial charge in [0, 0.05) is 32.0 Å². The number of nitrogens with zero attached hydrogens (tertiary/aromatic N) is 3. The summed E-state index contributed by atoms with van der Waals surface area (Å²) in [5.41, 5.74) is 0. The summed E-state index contributed by atoms with van der Waals surface area (Å²) < 4.78 is 26.5. The summed E-state index contributed by atoms with van der Waals surface area (Å²) in [5.74, 6) is 0.0979. The summed E-state index contributed by atoms with van der Waals surface area (Å²) in [6.07, 6.45) is 3.91. The van der Waals surface area contributed by atoms with Crippen molar-refractivity contribution >= 4 is 5.91 Å². The van der Waals surface area contributed by atoms with Gasteiger partial charge in [0.1, 0.15) is 5.82 Å². The first-order chi connectivity index (χ1) is 10.6. The summed E-state index contributed by atoms with van der Waals surface area (Å²) in [5, 5.41) is 2.33. The molecule has 0 bridgehead atoms. The Hall–Kier alpha value is -1.50. The molecule has 124 valence electrons. The number of amides is 1. The minimum atomic E-state index is -2.93. The highest BCUT2D eigenvalue weighted by molar-refractivity contribution is 5.79. The quantitative estimate of drug-likeness (QED) is 0.836. The number of nitrogens with one attached hydrogen (secondary N) is 1. The number of likely N-dealkylation sites (tertiary alicyclic amines) is 1. The first kappa shape index (κ1) is 16.9. The molecule has 5 nitrogen and oxygen atoms in total. The predicted molar refractivity (Wildman–Crippen MR) is 79.5 cm³/mol. The van der Waals surface area contributed by atoms with Gasteiger partial charge in [-0.25, -0.2) is 4.98 Å². The molecular weight excluding hydrogens is 290 g/mol. The van der Waals surface area contributed by atoms with Crippen LogP contribution in [0.5, 0.6) is 0 Å². The Bertz CT molecular complexity index is 478. The minimum absolute atomic E-state index is 0.228. The molecule has 1 aromatic rings. The molecule has 2 heterocycles. The van der Waals surface area contributed by atoms with E-state index in [4.69, 9.17) is 0 Å². The molecular formula is C15H24F2N4O. The van der Waals surface area contributed by atoms with Crippen LogP contribution in [-0.2, 0) is 17.9 Å². The largest absolute Gasteiger partial charge is 0.351 e. The van der Waals surface area contributed by atoms with Crippen LogP contribution in [0.2, 0.25) is 0 Å². The number of halogens is 2. The summed E-state index contributed by atoms with van der Waals surface area (Å²) in [6.45, 7) is 5.97. The lowest BCUT2D eigenvalue weighted by Crippen LogP contribution is -2.42. The molecule has 0 aromatic carbocycles. The topological polar surface area (TPSA) is 50.2 Å². The van der Waals surface area contributed by atoms with Crippen molar-refractivity contribution in [3.05, 3.63) is 18.2 Å². The number of hydrogen-bond acceptors (Lipinski definition) is 3. The van der Waals surface area contributed by atoms with E-state index in [1.165, 1.54) is 0 Å². The van der Waals surface area contributed by atoms with Crippen LogP contribution >= 0.6 is 0 Å². The van der Waals surface area contributed by atoms with Crippen LogP contribution in [0.15, 0.2) is 12.4 Å². The third-order valence-corrected chi connectivity index (χ3v) is 4.00. The van der Waals surface area contributed by atoms with E-state index in [0.717, 1.165) is 51.3 Å². The summed E-state index contributed by atoms with van der Waals surface area (Å²) in [7, 11) is 0. The van der Waals surface area contributed by atoms with Crippen molar-refractivity contribution in [1.82, 2.24) is 19.8 Å². The van der Waals surface area contributed by atoms with E-state index in [9.17, 15) is 13.6 Å². The molecule has 1 unspecified atom stereocenters. The standard InChI is InChI=1S/C15H24F2N4O/c1-2-6-21-8-5-18-13(21)11-20-7-3-4-12(10-20)9-19-15(22)14(16)17/h5,8,12,14H,2-4,6-7,9-11H2,1H3,(H,19,22). The molecule has 1 aliphatic heterocycles. The van der Waals surface area contributed by atoms with Gasteiger partial charge in [0.25, 0.3) is 5.91 Å². The molecule has 0 saturated carbocycles. The zero-order valence-electron chi connectivity index (χ0n) is 13.0. The van der Waals surface area contributed by atoms with Gasteiger partial charge >= 0.3 is 6.43 Å². The van der Waals surface area contributed by atoms with Crippen LogP contribution in [0, 0.1) is 5.92 Å². The Morgan fingerprint density at radius 1 is 1.55 bits per heavy atom. The highest BCUT2D eigenvalue weighted by atomic mass is 19.3. The minimum Gasteiger partial charge on any atom is -0.351 e. The van der Waals surface area contributed by atoms with Gasteiger partial charge in [0.15, 0.2) is 0 Å². The van der Waals surface area contributed by atoms with Crippen molar-refractivity contribution in [2.45, 2.75) is 45.7 Å². The molecule has 2 rings (SSSR count). The van der Waals surface area contributed by atoms with Gasteiger partial charge in [-0.15, -0.1) is 0 Å². The average molecular weight is 314 g/mol. The Morgan fingerprint density at radius 2 is 2.36 bits per heavy atom. The molecule has 1 aliphatic rings. The number of carbonyl (C=O) groups excluding carboxylic acids is 1. The first-order valence-electron chi connectivity index (χ1n) is 7.88. The third-order valence-electron chi connectivity index (χ3n) is 4.00. The molecule has 1 atom stereocenters. The van der Waals surface area contributed by atoms with Crippen LogP contribution in [-0.4, -0.2) is 46.4 Å². The van der Waals surface area contributed by atoms with Gasteiger partial charge in [-0.05, 0) is 31.7 Å². The Morgan fingerprint density at radius 3 is 3.09 bits per heavy atom. The number of carbonyl (C=O) groups is 1. The van der Waals surface area contributed by atoms with Crippen molar-refractivity contribution in [2.24, 2.45) is 5.92 Å². The highest BCUT2D eigenvalue weighted by Gasteiger charge is 2.23. The smallest absolute Gasteiger partial charge is 0.315 e. The van der Waals surface area contributed by atoms with Crippen LogP contribution in [0.1, 0.15) is 32.0 Å².